The van der Waals surface area contributed by atoms with E-state index in [1.54, 1.807) is 0 Å². The van der Waals surface area contributed by atoms with Crippen molar-refractivity contribution in [1.29, 1.82) is 0 Å². The molecule has 1 aromatic carbocycles. The summed E-state index contributed by atoms with van der Waals surface area (Å²) in [6.45, 7) is 4.39. The highest BCUT2D eigenvalue weighted by molar-refractivity contribution is 5.93. The average Bonchev–Trinajstić information content (AvgIpc) is 2.96. The summed E-state index contributed by atoms with van der Waals surface area (Å²) in [5.41, 5.74) is 2.34. The molecule has 6 nitrogen and oxygen atoms in total. The first-order valence-electron chi connectivity index (χ1n) is 7.70. The smallest absolute Gasteiger partial charge is 0.274 e. The Labute approximate surface area is 142 Å². The number of rotatable bonds is 4. The summed E-state index contributed by atoms with van der Waals surface area (Å²) < 4.78 is 1.90. The van der Waals surface area contributed by atoms with E-state index in [0.29, 0.717) is 18.3 Å². The lowest BCUT2D eigenvalue weighted by Crippen LogP contribution is -2.30. The molecule has 2 aromatic rings. The zero-order valence-corrected chi connectivity index (χ0v) is 14.0. The van der Waals surface area contributed by atoms with Crippen LogP contribution in [0.5, 0.6) is 0 Å². The summed E-state index contributed by atoms with van der Waals surface area (Å²) in [7, 11) is 0. The van der Waals surface area contributed by atoms with Gasteiger partial charge in [0.2, 0.25) is 0 Å². The molecule has 1 aliphatic heterocycles. The maximum absolute atomic E-state index is 12.3. The standard InChI is InChI=1S/C16H21N5O.ClH/c1-12-15(16(22)18-11-13-5-3-2-4-6-13)19-20-21(12)14-7-9-17-10-8-14;/h2-6,14,17H,7-11H2,1H3,(H,18,22);1H. The van der Waals surface area contributed by atoms with Gasteiger partial charge in [0.15, 0.2) is 5.69 Å². The third kappa shape index (κ3) is 4.09. The van der Waals surface area contributed by atoms with Crippen molar-refractivity contribution in [1.82, 2.24) is 25.6 Å². The van der Waals surface area contributed by atoms with Crippen LogP contribution in [0.15, 0.2) is 30.3 Å². The van der Waals surface area contributed by atoms with Crippen molar-refractivity contribution in [2.45, 2.75) is 32.4 Å². The molecule has 7 heteroatoms. The Morgan fingerprint density at radius 3 is 2.70 bits per heavy atom. The fourth-order valence-electron chi connectivity index (χ4n) is 2.81. The van der Waals surface area contributed by atoms with Gasteiger partial charge in [0.05, 0.1) is 11.7 Å². The second-order valence-corrected chi connectivity index (χ2v) is 5.62. The van der Waals surface area contributed by atoms with Crippen molar-refractivity contribution >= 4 is 18.3 Å². The number of amides is 1. The molecule has 1 amide bonds. The number of nitrogens with zero attached hydrogens (tertiary/aromatic N) is 3. The fraction of sp³-hybridized carbons (Fsp3) is 0.438. The monoisotopic (exact) mass is 335 g/mol. The summed E-state index contributed by atoms with van der Waals surface area (Å²) >= 11 is 0. The molecule has 2 N–H and O–H groups in total. The van der Waals surface area contributed by atoms with Crippen LogP contribution in [0.25, 0.3) is 0 Å². The number of carbonyl (C=O) groups excluding carboxylic acids is 1. The predicted octanol–water partition coefficient (Wildman–Crippen LogP) is 1.86. The summed E-state index contributed by atoms with van der Waals surface area (Å²) in [6, 6.07) is 10.2. The Morgan fingerprint density at radius 1 is 1.30 bits per heavy atom. The molecule has 124 valence electrons. The molecule has 1 fully saturated rings. The van der Waals surface area contributed by atoms with Gasteiger partial charge < -0.3 is 10.6 Å². The lowest BCUT2D eigenvalue weighted by atomic mass is 10.1. The molecular weight excluding hydrogens is 314 g/mol. The molecule has 0 bridgehead atoms. The number of hydrogen-bond donors (Lipinski definition) is 2. The number of hydrogen-bond acceptors (Lipinski definition) is 4. The minimum absolute atomic E-state index is 0. The van der Waals surface area contributed by atoms with E-state index in [1.165, 1.54) is 0 Å². The van der Waals surface area contributed by atoms with Gasteiger partial charge in [-0.1, -0.05) is 35.5 Å². The minimum Gasteiger partial charge on any atom is -0.347 e. The quantitative estimate of drug-likeness (QED) is 0.894. The number of aromatic nitrogens is 3. The van der Waals surface area contributed by atoms with Crippen molar-refractivity contribution in [3.63, 3.8) is 0 Å². The highest BCUT2D eigenvalue weighted by atomic mass is 35.5. The van der Waals surface area contributed by atoms with Crippen molar-refractivity contribution in [2.75, 3.05) is 13.1 Å². The Hall–Kier alpha value is -1.92. The van der Waals surface area contributed by atoms with Crippen LogP contribution in [-0.4, -0.2) is 34.0 Å². The van der Waals surface area contributed by atoms with Gasteiger partial charge in [-0.15, -0.1) is 17.5 Å². The van der Waals surface area contributed by atoms with E-state index in [-0.39, 0.29) is 18.3 Å². The van der Waals surface area contributed by atoms with Crippen molar-refractivity contribution in [3.8, 4) is 0 Å². The van der Waals surface area contributed by atoms with Crippen LogP contribution in [0.4, 0.5) is 0 Å². The van der Waals surface area contributed by atoms with Crippen LogP contribution in [-0.2, 0) is 6.54 Å². The normalized spacial score (nSPS) is 15.0. The van der Waals surface area contributed by atoms with Crippen molar-refractivity contribution in [2.24, 2.45) is 0 Å². The van der Waals surface area contributed by atoms with Crippen molar-refractivity contribution in [3.05, 3.63) is 47.3 Å². The topological polar surface area (TPSA) is 71.8 Å². The third-order valence-electron chi connectivity index (χ3n) is 4.09. The van der Waals surface area contributed by atoms with E-state index in [0.717, 1.165) is 37.2 Å². The van der Waals surface area contributed by atoms with Crippen LogP contribution in [0, 0.1) is 6.92 Å². The molecule has 0 unspecified atom stereocenters. The Kier molecular flexibility index (Phi) is 6.12. The predicted molar refractivity (Wildman–Crippen MR) is 90.8 cm³/mol. The molecule has 2 heterocycles. The molecular formula is C16H22ClN5O. The van der Waals surface area contributed by atoms with Gasteiger partial charge in [0.25, 0.3) is 5.91 Å². The van der Waals surface area contributed by atoms with Gasteiger partial charge in [0, 0.05) is 6.54 Å². The number of halogens is 1. The summed E-state index contributed by atoms with van der Waals surface area (Å²) in [6.07, 6.45) is 2.05. The first kappa shape index (κ1) is 17.4. The van der Waals surface area contributed by atoms with Crippen molar-refractivity contribution < 1.29 is 4.79 Å². The second kappa shape index (κ2) is 8.08. The zero-order valence-electron chi connectivity index (χ0n) is 13.2. The number of piperidine rings is 1. The summed E-state index contributed by atoms with van der Waals surface area (Å²) in [5, 5.41) is 14.5. The molecule has 23 heavy (non-hydrogen) atoms. The van der Waals surface area contributed by atoms with Gasteiger partial charge in [0.1, 0.15) is 0 Å². The highest BCUT2D eigenvalue weighted by Crippen LogP contribution is 2.20. The van der Waals surface area contributed by atoms with E-state index in [4.69, 9.17) is 0 Å². The Bertz CT molecular complexity index is 637. The highest BCUT2D eigenvalue weighted by Gasteiger charge is 2.22. The molecule has 0 atom stereocenters. The van der Waals surface area contributed by atoms with Crippen LogP contribution in [0.1, 0.15) is 40.6 Å². The molecule has 3 rings (SSSR count). The SMILES string of the molecule is Cc1c(C(=O)NCc2ccccc2)nnn1C1CCNCC1.Cl. The molecule has 1 saturated heterocycles. The van der Waals surface area contributed by atoms with Gasteiger partial charge in [-0.3, -0.25) is 4.79 Å². The van der Waals surface area contributed by atoms with Crippen LogP contribution in [0.3, 0.4) is 0 Å². The van der Waals surface area contributed by atoms with E-state index in [9.17, 15) is 4.79 Å². The van der Waals surface area contributed by atoms with E-state index >= 15 is 0 Å². The van der Waals surface area contributed by atoms with E-state index in [1.807, 2.05) is 41.9 Å². The maximum Gasteiger partial charge on any atom is 0.274 e. The fourth-order valence-corrected chi connectivity index (χ4v) is 2.81. The van der Waals surface area contributed by atoms with Gasteiger partial charge in [-0.2, -0.15) is 0 Å². The summed E-state index contributed by atoms with van der Waals surface area (Å²) in [5.74, 6) is -0.165. The van der Waals surface area contributed by atoms with Crippen LogP contribution >= 0.6 is 12.4 Å². The lowest BCUT2D eigenvalue weighted by molar-refractivity contribution is 0.0945. The summed E-state index contributed by atoms with van der Waals surface area (Å²) in [4.78, 5) is 12.3. The first-order chi connectivity index (χ1) is 10.8. The Morgan fingerprint density at radius 2 is 2.00 bits per heavy atom. The molecule has 0 aliphatic carbocycles. The molecule has 0 spiro atoms. The number of nitrogens with one attached hydrogen (secondary N) is 2. The zero-order chi connectivity index (χ0) is 15.4. The number of benzene rings is 1. The third-order valence-corrected chi connectivity index (χ3v) is 4.09. The van der Waals surface area contributed by atoms with Crippen LogP contribution < -0.4 is 10.6 Å². The largest absolute Gasteiger partial charge is 0.347 e. The number of carbonyl (C=O) groups is 1. The van der Waals surface area contributed by atoms with Gasteiger partial charge in [-0.25, -0.2) is 4.68 Å². The molecule has 0 saturated carbocycles. The minimum atomic E-state index is -0.165. The average molecular weight is 336 g/mol. The maximum atomic E-state index is 12.3. The Balaban J connectivity index is 0.00000192. The lowest BCUT2D eigenvalue weighted by Gasteiger charge is -2.23. The van der Waals surface area contributed by atoms with Gasteiger partial charge >= 0.3 is 0 Å². The van der Waals surface area contributed by atoms with E-state index < -0.39 is 0 Å². The van der Waals surface area contributed by atoms with Gasteiger partial charge in [-0.05, 0) is 38.4 Å². The second-order valence-electron chi connectivity index (χ2n) is 5.62. The molecule has 1 aliphatic rings. The molecule has 1 aromatic heterocycles. The van der Waals surface area contributed by atoms with E-state index in [2.05, 4.69) is 20.9 Å². The first-order valence-corrected chi connectivity index (χ1v) is 7.70. The van der Waals surface area contributed by atoms with Crippen LogP contribution in [0.2, 0.25) is 0 Å². The molecule has 0 radical (unpaired) electrons.